The average Bonchev–Trinajstić information content (AvgIpc) is 2.42. The minimum absolute atomic E-state index is 0.0937. The monoisotopic (exact) mass is 206 g/mol. The third kappa shape index (κ3) is 1.78. The molecule has 0 spiro atoms. The van der Waals surface area contributed by atoms with Crippen molar-refractivity contribution in [3.63, 3.8) is 0 Å². The van der Waals surface area contributed by atoms with E-state index in [-0.39, 0.29) is 11.5 Å². The van der Waals surface area contributed by atoms with Crippen LogP contribution in [0.4, 0.5) is 0 Å². The highest BCUT2D eigenvalue weighted by molar-refractivity contribution is 5.44. The van der Waals surface area contributed by atoms with E-state index in [2.05, 4.69) is 32.9 Å². The fraction of sp³-hybridized carbons (Fsp3) is 0.714. The molecule has 15 heavy (non-hydrogen) atoms. The maximum Gasteiger partial charge on any atom is 0.0846 e. The summed E-state index contributed by atoms with van der Waals surface area (Å²) in [6.45, 7) is 6.65. The van der Waals surface area contributed by atoms with Gasteiger partial charge in [-0.05, 0) is 36.3 Å². The van der Waals surface area contributed by atoms with Crippen LogP contribution in [0, 0.1) is 11.3 Å². The second kappa shape index (κ2) is 3.79. The van der Waals surface area contributed by atoms with Crippen molar-refractivity contribution >= 4 is 0 Å². The molecule has 0 aliphatic heterocycles. The minimum atomic E-state index is -0.230. The van der Waals surface area contributed by atoms with E-state index in [1.165, 1.54) is 11.1 Å². The highest BCUT2D eigenvalue weighted by atomic mass is 16.3. The summed E-state index contributed by atoms with van der Waals surface area (Å²) in [4.78, 5) is 0. The number of hydrogen-bond acceptors (Lipinski definition) is 1. The molecule has 2 rings (SSSR count). The molecular formula is C14H22O. The normalized spacial score (nSPS) is 39.7. The van der Waals surface area contributed by atoms with Crippen molar-refractivity contribution in [2.45, 2.75) is 52.6 Å². The zero-order valence-corrected chi connectivity index (χ0v) is 10.1. The molecule has 0 aromatic heterocycles. The molecule has 1 heteroatoms. The van der Waals surface area contributed by atoms with Crippen LogP contribution >= 0.6 is 0 Å². The largest absolute Gasteiger partial charge is 0.388 e. The molecule has 2 aliphatic rings. The van der Waals surface area contributed by atoms with Crippen LogP contribution in [0.1, 0.15) is 46.5 Å². The molecule has 2 aliphatic carbocycles. The van der Waals surface area contributed by atoms with E-state index in [4.69, 9.17) is 0 Å². The summed E-state index contributed by atoms with van der Waals surface area (Å²) in [6.07, 6.45) is 8.88. The summed E-state index contributed by atoms with van der Waals surface area (Å²) in [5.74, 6) is 0.599. The fourth-order valence-corrected chi connectivity index (χ4v) is 3.07. The van der Waals surface area contributed by atoms with Gasteiger partial charge in [-0.2, -0.15) is 0 Å². The predicted octanol–water partition coefficient (Wildman–Crippen LogP) is 3.45. The number of aliphatic hydroxyl groups is 1. The van der Waals surface area contributed by atoms with Crippen molar-refractivity contribution in [1.29, 1.82) is 0 Å². The van der Waals surface area contributed by atoms with E-state index < -0.39 is 0 Å². The van der Waals surface area contributed by atoms with E-state index >= 15 is 0 Å². The first-order valence-corrected chi connectivity index (χ1v) is 6.16. The third-order valence-electron chi connectivity index (χ3n) is 3.94. The molecular weight excluding hydrogens is 184 g/mol. The van der Waals surface area contributed by atoms with Gasteiger partial charge >= 0.3 is 0 Å². The zero-order chi connectivity index (χ0) is 11.1. The topological polar surface area (TPSA) is 20.2 Å². The van der Waals surface area contributed by atoms with Gasteiger partial charge in [0, 0.05) is 5.41 Å². The molecule has 0 amide bonds. The second-order valence-corrected chi connectivity index (χ2v) is 5.55. The SMILES string of the molecule is CCCC1(C)CC2=CCC(C)C=C2C1O. The Morgan fingerprint density at radius 1 is 1.53 bits per heavy atom. The van der Waals surface area contributed by atoms with Crippen molar-refractivity contribution in [3.8, 4) is 0 Å². The summed E-state index contributed by atoms with van der Waals surface area (Å²) >= 11 is 0. The highest BCUT2D eigenvalue weighted by Crippen LogP contribution is 2.49. The number of allylic oxidation sites excluding steroid dienone is 2. The van der Waals surface area contributed by atoms with Gasteiger partial charge < -0.3 is 5.11 Å². The van der Waals surface area contributed by atoms with Gasteiger partial charge in [-0.3, -0.25) is 0 Å². The Labute approximate surface area is 92.9 Å². The van der Waals surface area contributed by atoms with Gasteiger partial charge in [0.05, 0.1) is 6.10 Å². The van der Waals surface area contributed by atoms with Gasteiger partial charge in [0.1, 0.15) is 0 Å². The smallest absolute Gasteiger partial charge is 0.0846 e. The van der Waals surface area contributed by atoms with Crippen molar-refractivity contribution in [3.05, 3.63) is 23.3 Å². The van der Waals surface area contributed by atoms with E-state index in [0.29, 0.717) is 5.92 Å². The number of hydrogen-bond donors (Lipinski definition) is 1. The Bertz CT molecular complexity index is 313. The van der Waals surface area contributed by atoms with Crippen molar-refractivity contribution in [2.24, 2.45) is 11.3 Å². The van der Waals surface area contributed by atoms with E-state index in [9.17, 15) is 5.11 Å². The molecule has 0 saturated heterocycles. The molecule has 0 aromatic rings. The second-order valence-electron chi connectivity index (χ2n) is 5.55. The molecule has 84 valence electrons. The maximum absolute atomic E-state index is 10.4. The van der Waals surface area contributed by atoms with Crippen LogP contribution in [0.25, 0.3) is 0 Å². The van der Waals surface area contributed by atoms with Crippen LogP contribution < -0.4 is 0 Å². The summed E-state index contributed by atoms with van der Waals surface area (Å²) in [5, 5.41) is 10.4. The Balaban J connectivity index is 2.28. The summed E-state index contributed by atoms with van der Waals surface area (Å²) in [6, 6.07) is 0. The standard InChI is InChI=1S/C14H22O/c1-4-7-14(3)9-11-6-5-10(2)8-12(11)13(14)15/h6,8,10,13,15H,4-5,7,9H2,1-3H3. The molecule has 0 bridgehead atoms. The quantitative estimate of drug-likeness (QED) is 0.733. The first-order valence-electron chi connectivity index (χ1n) is 6.16. The molecule has 0 radical (unpaired) electrons. The van der Waals surface area contributed by atoms with Crippen molar-refractivity contribution in [2.75, 3.05) is 0 Å². The van der Waals surface area contributed by atoms with Crippen molar-refractivity contribution in [1.82, 2.24) is 0 Å². The van der Waals surface area contributed by atoms with Gasteiger partial charge in [0.25, 0.3) is 0 Å². The van der Waals surface area contributed by atoms with Crippen LogP contribution in [-0.2, 0) is 0 Å². The molecule has 0 heterocycles. The predicted molar refractivity (Wildman–Crippen MR) is 63.6 cm³/mol. The highest BCUT2D eigenvalue weighted by Gasteiger charge is 2.43. The van der Waals surface area contributed by atoms with Gasteiger partial charge in [-0.25, -0.2) is 0 Å². The van der Waals surface area contributed by atoms with Crippen LogP contribution in [0.3, 0.4) is 0 Å². The number of rotatable bonds is 2. The summed E-state index contributed by atoms with van der Waals surface area (Å²) < 4.78 is 0. The number of aliphatic hydroxyl groups excluding tert-OH is 1. The molecule has 3 unspecified atom stereocenters. The van der Waals surface area contributed by atoms with Gasteiger partial charge in [0.15, 0.2) is 0 Å². The lowest BCUT2D eigenvalue weighted by molar-refractivity contribution is 0.0816. The van der Waals surface area contributed by atoms with E-state index in [1.807, 2.05) is 0 Å². The summed E-state index contributed by atoms with van der Waals surface area (Å²) in [7, 11) is 0. The Morgan fingerprint density at radius 3 is 2.93 bits per heavy atom. The third-order valence-corrected chi connectivity index (χ3v) is 3.94. The van der Waals surface area contributed by atoms with E-state index in [1.54, 1.807) is 0 Å². The van der Waals surface area contributed by atoms with Gasteiger partial charge in [0.2, 0.25) is 0 Å². The molecule has 0 aromatic carbocycles. The number of fused-ring (bicyclic) bond motifs is 1. The lowest BCUT2D eigenvalue weighted by Crippen LogP contribution is -2.27. The van der Waals surface area contributed by atoms with Crippen LogP contribution in [0.5, 0.6) is 0 Å². The van der Waals surface area contributed by atoms with E-state index in [0.717, 1.165) is 25.7 Å². The maximum atomic E-state index is 10.4. The minimum Gasteiger partial charge on any atom is -0.388 e. The van der Waals surface area contributed by atoms with Crippen LogP contribution in [0.15, 0.2) is 23.3 Å². The van der Waals surface area contributed by atoms with Gasteiger partial charge in [-0.15, -0.1) is 0 Å². The zero-order valence-electron chi connectivity index (χ0n) is 10.1. The lowest BCUT2D eigenvalue weighted by atomic mass is 9.81. The molecule has 1 N–H and O–H groups in total. The molecule has 3 atom stereocenters. The van der Waals surface area contributed by atoms with Crippen LogP contribution in [0.2, 0.25) is 0 Å². The first-order chi connectivity index (χ1) is 7.07. The molecule has 1 saturated carbocycles. The average molecular weight is 206 g/mol. The van der Waals surface area contributed by atoms with Crippen molar-refractivity contribution < 1.29 is 5.11 Å². The Hall–Kier alpha value is -0.560. The summed E-state index contributed by atoms with van der Waals surface area (Å²) in [5.41, 5.74) is 2.73. The van der Waals surface area contributed by atoms with Crippen LogP contribution in [-0.4, -0.2) is 11.2 Å². The Morgan fingerprint density at radius 2 is 2.27 bits per heavy atom. The first kappa shape index (κ1) is 10.9. The van der Waals surface area contributed by atoms with Gasteiger partial charge in [-0.1, -0.05) is 39.3 Å². The Kier molecular flexibility index (Phi) is 2.76. The lowest BCUT2D eigenvalue weighted by Gasteiger charge is -2.27. The fourth-order valence-electron chi connectivity index (χ4n) is 3.07. The molecule has 1 fully saturated rings. The molecule has 1 nitrogen and oxygen atoms in total.